The van der Waals surface area contributed by atoms with Gasteiger partial charge in [0.1, 0.15) is 0 Å². The highest BCUT2D eigenvalue weighted by molar-refractivity contribution is 9.10. The predicted molar refractivity (Wildman–Crippen MR) is 82.7 cm³/mol. The molecule has 0 bridgehead atoms. The molecule has 1 N–H and O–H groups in total. The van der Waals surface area contributed by atoms with Crippen molar-refractivity contribution in [2.45, 2.75) is 13.1 Å². The molecule has 0 fully saturated rings. The fourth-order valence-electron chi connectivity index (χ4n) is 2.16. The van der Waals surface area contributed by atoms with E-state index in [1.807, 2.05) is 31.3 Å². The van der Waals surface area contributed by atoms with Crippen LogP contribution in [0.1, 0.15) is 21.5 Å². The maximum absolute atomic E-state index is 11.2. The summed E-state index contributed by atoms with van der Waals surface area (Å²) in [5.74, 6) is -0.878. The molecule has 2 aromatic rings. The van der Waals surface area contributed by atoms with Crippen LogP contribution >= 0.6 is 15.9 Å². The standard InChI is InChI=1S/C16H16BrNO2/c1-18(10-12-5-4-7-14(17)9-12)11-13-6-2-3-8-15(13)16(19)20/h2-9H,10-11H2,1H3,(H,19,20). The molecule has 0 atom stereocenters. The molecule has 20 heavy (non-hydrogen) atoms. The Kier molecular flexibility index (Phi) is 4.93. The fraction of sp³-hybridized carbons (Fsp3) is 0.188. The highest BCUT2D eigenvalue weighted by Crippen LogP contribution is 2.15. The lowest BCUT2D eigenvalue weighted by atomic mass is 10.1. The third-order valence-corrected chi connectivity index (χ3v) is 3.52. The van der Waals surface area contributed by atoms with Gasteiger partial charge in [0.2, 0.25) is 0 Å². The highest BCUT2D eigenvalue weighted by Gasteiger charge is 2.11. The summed E-state index contributed by atoms with van der Waals surface area (Å²) in [7, 11) is 1.99. The van der Waals surface area contributed by atoms with Crippen LogP contribution in [0.3, 0.4) is 0 Å². The molecule has 0 amide bonds. The minimum atomic E-state index is -0.878. The largest absolute Gasteiger partial charge is 0.478 e. The molecule has 0 saturated heterocycles. The van der Waals surface area contributed by atoms with Crippen LogP contribution < -0.4 is 0 Å². The topological polar surface area (TPSA) is 40.5 Å². The summed E-state index contributed by atoms with van der Waals surface area (Å²) in [6, 6.07) is 15.2. The molecule has 0 aliphatic rings. The summed E-state index contributed by atoms with van der Waals surface area (Å²) >= 11 is 3.45. The number of hydrogen-bond acceptors (Lipinski definition) is 2. The van der Waals surface area contributed by atoms with Gasteiger partial charge in [0.05, 0.1) is 5.56 Å². The Labute approximate surface area is 127 Å². The Morgan fingerprint density at radius 3 is 2.60 bits per heavy atom. The summed E-state index contributed by atoms with van der Waals surface area (Å²) in [6.07, 6.45) is 0. The SMILES string of the molecule is CN(Cc1cccc(Br)c1)Cc1ccccc1C(=O)O. The highest BCUT2D eigenvalue weighted by atomic mass is 79.9. The van der Waals surface area contributed by atoms with Gasteiger partial charge in [-0.05, 0) is 36.4 Å². The van der Waals surface area contributed by atoms with E-state index in [-0.39, 0.29) is 0 Å². The molecule has 0 radical (unpaired) electrons. The number of aromatic carboxylic acids is 1. The van der Waals surface area contributed by atoms with E-state index in [1.165, 1.54) is 5.56 Å². The molecule has 2 rings (SSSR count). The molecular weight excluding hydrogens is 318 g/mol. The first-order valence-corrected chi connectivity index (χ1v) is 7.10. The summed E-state index contributed by atoms with van der Waals surface area (Å²) < 4.78 is 1.05. The normalized spacial score (nSPS) is 10.8. The zero-order chi connectivity index (χ0) is 14.5. The van der Waals surface area contributed by atoms with Crippen molar-refractivity contribution in [1.82, 2.24) is 4.90 Å². The van der Waals surface area contributed by atoms with Crippen LogP contribution in [0.15, 0.2) is 53.0 Å². The third-order valence-electron chi connectivity index (χ3n) is 3.03. The number of hydrogen-bond donors (Lipinski definition) is 1. The summed E-state index contributed by atoms with van der Waals surface area (Å²) in [4.78, 5) is 13.3. The maximum Gasteiger partial charge on any atom is 0.336 e. The average molecular weight is 334 g/mol. The molecule has 0 aliphatic carbocycles. The lowest BCUT2D eigenvalue weighted by molar-refractivity contribution is 0.0694. The minimum absolute atomic E-state index is 0.369. The van der Waals surface area contributed by atoms with E-state index in [2.05, 4.69) is 33.0 Å². The molecule has 0 spiro atoms. The Balaban J connectivity index is 2.08. The van der Waals surface area contributed by atoms with Gasteiger partial charge in [-0.25, -0.2) is 4.79 Å². The van der Waals surface area contributed by atoms with Crippen molar-refractivity contribution in [3.8, 4) is 0 Å². The second-order valence-electron chi connectivity index (χ2n) is 4.76. The van der Waals surface area contributed by atoms with Gasteiger partial charge in [0.25, 0.3) is 0 Å². The molecule has 2 aromatic carbocycles. The van der Waals surface area contributed by atoms with Gasteiger partial charge in [-0.1, -0.05) is 46.3 Å². The molecule has 104 valence electrons. The average Bonchev–Trinajstić information content (AvgIpc) is 2.38. The first-order chi connectivity index (χ1) is 9.56. The molecular formula is C16H16BrNO2. The lowest BCUT2D eigenvalue weighted by Crippen LogP contribution is -2.19. The second-order valence-corrected chi connectivity index (χ2v) is 5.68. The third kappa shape index (κ3) is 3.92. The number of carboxylic acids is 1. The van der Waals surface area contributed by atoms with Gasteiger partial charge in [-0.3, -0.25) is 4.90 Å². The Morgan fingerprint density at radius 2 is 1.90 bits per heavy atom. The zero-order valence-electron chi connectivity index (χ0n) is 11.2. The maximum atomic E-state index is 11.2. The summed E-state index contributed by atoms with van der Waals surface area (Å²) in [6.45, 7) is 1.38. The van der Waals surface area contributed by atoms with E-state index < -0.39 is 5.97 Å². The predicted octanol–water partition coefficient (Wildman–Crippen LogP) is 3.78. The van der Waals surface area contributed by atoms with Crippen molar-refractivity contribution < 1.29 is 9.90 Å². The smallest absolute Gasteiger partial charge is 0.336 e. The Hall–Kier alpha value is -1.65. The van der Waals surface area contributed by atoms with Crippen LogP contribution in [-0.4, -0.2) is 23.0 Å². The van der Waals surface area contributed by atoms with E-state index in [0.29, 0.717) is 12.1 Å². The van der Waals surface area contributed by atoms with Crippen molar-refractivity contribution in [2.75, 3.05) is 7.05 Å². The molecule has 3 nitrogen and oxygen atoms in total. The lowest BCUT2D eigenvalue weighted by Gasteiger charge is -2.18. The van der Waals surface area contributed by atoms with E-state index in [1.54, 1.807) is 12.1 Å². The molecule has 0 aliphatic heterocycles. The molecule has 0 saturated carbocycles. The van der Waals surface area contributed by atoms with Gasteiger partial charge in [-0.15, -0.1) is 0 Å². The van der Waals surface area contributed by atoms with Gasteiger partial charge in [-0.2, -0.15) is 0 Å². The van der Waals surface area contributed by atoms with Gasteiger partial charge in [0, 0.05) is 17.6 Å². The quantitative estimate of drug-likeness (QED) is 0.905. The number of rotatable bonds is 5. The van der Waals surface area contributed by atoms with Crippen molar-refractivity contribution in [3.63, 3.8) is 0 Å². The van der Waals surface area contributed by atoms with Crippen molar-refractivity contribution in [3.05, 3.63) is 69.7 Å². The Bertz CT molecular complexity index is 613. The number of halogens is 1. The van der Waals surface area contributed by atoms with Crippen molar-refractivity contribution >= 4 is 21.9 Å². The molecule has 0 aromatic heterocycles. The summed E-state index contributed by atoms with van der Waals surface area (Å²) in [5, 5.41) is 9.18. The van der Waals surface area contributed by atoms with Gasteiger partial charge >= 0.3 is 5.97 Å². The summed E-state index contributed by atoms with van der Waals surface area (Å²) in [5.41, 5.74) is 2.39. The van der Waals surface area contributed by atoms with Gasteiger partial charge in [0.15, 0.2) is 0 Å². The van der Waals surface area contributed by atoms with Crippen LogP contribution in [0.25, 0.3) is 0 Å². The second kappa shape index (κ2) is 6.68. The van der Waals surface area contributed by atoms with Crippen LogP contribution in [0.2, 0.25) is 0 Å². The Morgan fingerprint density at radius 1 is 1.15 bits per heavy atom. The van der Waals surface area contributed by atoms with Crippen LogP contribution in [0.4, 0.5) is 0 Å². The van der Waals surface area contributed by atoms with Crippen molar-refractivity contribution in [1.29, 1.82) is 0 Å². The minimum Gasteiger partial charge on any atom is -0.478 e. The number of nitrogens with zero attached hydrogens (tertiary/aromatic N) is 1. The van der Waals surface area contributed by atoms with Crippen molar-refractivity contribution in [2.24, 2.45) is 0 Å². The van der Waals surface area contributed by atoms with E-state index >= 15 is 0 Å². The number of carboxylic acid groups (broad SMARTS) is 1. The molecule has 0 heterocycles. The van der Waals surface area contributed by atoms with E-state index in [4.69, 9.17) is 0 Å². The van der Waals surface area contributed by atoms with E-state index in [0.717, 1.165) is 16.6 Å². The molecule has 0 unspecified atom stereocenters. The van der Waals surface area contributed by atoms with Crippen LogP contribution in [-0.2, 0) is 13.1 Å². The number of carbonyl (C=O) groups is 1. The first-order valence-electron chi connectivity index (χ1n) is 6.30. The monoisotopic (exact) mass is 333 g/mol. The number of benzene rings is 2. The first kappa shape index (κ1) is 14.8. The van der Waals surface area contributed by atoms with E-state index in [9.17, 15) is 9.90 Å². The zero-order valence-corrected chi connectivity index (χ0v) is 12.8. The molecule has 4 heteroatoms. The fourth-order valence-corrected chi connectivity index (χ4v) is 2.61. The van der Waals surface area contributed by atoms with Gasteiger partial charge < -0.3 is 5.11 Å². The van der Waals surface area contributed by atoms with Crippen LogP contribution in [0.5, 0.6) is 0 Å². The van der Waals surface area contributed by atoms with Crippen LogP contribution in [0, 0.1) is 0 Å².